The summed E-state index contributed by atoms with van der Waals surface area (Å²) < 4.78 is 5.38. The minimum atomic E-state index is 0.136. The average molecular weight is 343 g/mol. The lowest BCUT2D eigenvalue weighted by molar-refractivity contribution is 0.417. The summed E-state index contributed by atoms with van der Waals surface area (Å²) in [6.07, 6.45) is 2.29. The summed E-state index contributed by atoms with van der Waals surface area (Å²) in [7, 11) is 1.66. The second kappa shape index (κ2) is 8.69. The van der Waals surface area contributed by atoms with Crippen LogP contribution in [-0.4, -0.2) is 12.2 Å². The molecule has 128 valence electrons. The Bertz CT molecular complexity index is 683. The van der Waals surface area contributed by atoms with E-state index in [4.69, 9.17) is 17.0 Å². The summed E-state index contributed by atoms with van der Waals surface area (Å²) in [4.78, 5) is 0. The molecular weight excluding hydrogens is 316 g/mol. The monoisotopic (exact) mass is 342 g/mol. The van der Waals surface area contributed by atoms with Crippen LogP contribution in [0.25, 0.3) is 0 Å². The van der Waals surface area contributed by atoms with Crippen LogP contribution in [0.2, 0.25) is 0 Å². The van der Waals surface area contributed by atoms with Crippen molar-refractivity contribution in [3.05, 3.63) is 59.2 Å². The molecule has 0 amide bonds. The fourth-order valence-corrected chi connectivity index (χ4v) is 2.91. The molecule has 0 bridgehead atoms. The van der Waals surface area contributed by atoms with Gasteiger partial charge < -0.3 is 15.4 Å². The molecule has 0 aliphatic carbocycles. The highest BCUT2D eigenvalue weighted by Gasteiger charge is 2.09. The van der Waals surface area contributed by atoms with Gasteiger partial charge in [-0.1, -0.05) is 43.7 Å². The van der Waals surface area contributed by atoms with Gasteiger partial charge in [-0.3, -0.25) is 0 Å². The number of rotatable bonds is 6. The lowest BCUT2D eigenvalue weighted by Gasteiger charge is -2.19. The van der Waals surface area contributed by atoms with Crippen molar-refractivity contribution in [3.63, 3.8) is 0 Å². The van der Waals surface area contributed by atoms with Crippen LogP contribution < -0.4 is 15.4 Å². The first-order valence-corrected chi connectivity index (χ1v) is 8.75. The molecule has 2 rings (SSSR count). The Kier molecular flexibility index (Phi) is 6.62. The third kappa shape index (κ3) is 4.96. The normalized spacial score (nSPS) is 11.7. The Hall–Kier alpha value is -2.07. The van der Waals surface area contributed by atoms with Gasteiger partial charge in [0.15, 0.2) is 5.11 Å². The summed E-state index contributed by atoms with van der Waals surface area (Å²) in [5.74, 6) is 0.779. The van der Waals surface area contributed by atoms with Crippen LogP contribution in [0.1, 0.15) is 43.0 Å². The van der Waals surface area contributed by atoms with Gasteiger partial charge in [0.2, 0.25) is 0 Å². The second-order valence-electron chi connectivity index (χ2n) is 6.02. The Labute approximate surface area is 150 Å². The van der Waals surface area contributed by atoms with Gasteiger partial charge in [-0.2, -0.15) is 0 Å². The van der Waals surface area contributed by atoms with Gasteiger partial charge in [0.1, 0.15) is 5.75 Å². The average Bonchev–Trinajstić information content (AvgIpc) is 2.56. The van der Waals surface area contributed by atoms with Gasteiger partial charge in [-0.15, -0.1) is 0 Å². The fraction of sp³-hybridized carbons (Fsp3) is 0.350. The van der Waals surface area contributed by atoms with E-state index in [0.717, 1.165) is 23.4 Å². The van der Waals surface area contributed by atoms with Gasteiger partial charge in [0.25, 0.3) is 0 Å². The molecule has 2 N–H and O–H groups in total. The number of thiocarbonyl (C=S) groups is 1. The second-order valence-corrected chi connectivity index (χ2v) is 6.42. The van der Waals surface area contributed by atoms with Crippen molar-refractivity contribution in [2.24, 2.45) is 0 Å². The van der Waals surface area contributed by atoms with E-state index in [0.29, 0.717) is 5.11 Å². The minimum Gasteiger partial charge on any atom is -0.495 e. The molecule has 0 saturated heterocycles. The van der Waals surface area contributed by atoms with Gasteiger partial charge >= 0.3 is 0 Å². The first kappa shape index (κ1) is 18.3. The lowest BCUT2D eigenvalue weighted by atomic mass is 10.0. The van der Waals surface area contributed by atoms with Gasteiger partial charge in [0.05, 0.1) is 18.8 Å². The van der Waals surface area contributed by atoms with Crippen LogP contribution in [0.4, 0.5) is 5.69 Å². The molecule has 2 aromatic rings. The number of benzene rings is 2. The van der Waals surface area contributed by atoms with E-state index in [-0.39, 0.29) is 6.04 Å². The van der Waals surface area contributed by atoms with E-state index in [1.54, 1.807) is 7.11 Å². The Morgan fingerprint density at radius 1 is 1.17 bits per heavy atom. The number of aryl methyl sites for hydroxylation is 2. The topological polar surface area (TPSA) is 33.3 Å². The number of anilines is 1. The molecule has 0 spiro atoms. The van der Waals surface area contributed by atoms with Crippen molar-refractivity contribution >= 4 is 23.0 Å². The summed E-state index contributed by atoms with van der Waals surface area (Å²) in [6.45, 7) is 6.35. The Balaban J connectivity index is 2.00. The van der Waals surface area contributed by atoms with Crippen LogP contribution in [0.3, 0.4) is 0 Å². The third-order valence-corrected chi connectivity index (χ3v) is 4.19. The van der Waals surface area contributed by atoms with Crippen molar-refractivity contribution in [1.82, 2.24) is 5.32 Å². The number of nitrogens with one attached hydrogen (secondary N) is 2. The van der Waals surface area contributed by atoms with Gasteiger partial charge in [-0.25, -0.2) is 0 Å². The van der Waals surface area contributed by atoms with Gasteiger partial charge in [-0.05, 0) is 61.3 Å². The molecule has 0 fully saturated rings. The van der Waals surface area contributed by atoms with Gasteiger partial charge in [0, 0.05) is 0 Å². The number of hydrogen-bond acceptors (Lipinski definition) is 2. The lowest BCUT2D eigenvalue weighted by Crippen LogP contribution is -2.31. The molecule has 0 aromatic heterocycles. The van der Waals surface area contributed by atoms with Crippen LogP contribution in [0.5, 0.6) is 5.75 Å². The van der Waals surface area contributed by atoms with Crippen molar-refractivity contribution in [2.45, 2.75) is 39.7 Å². The zero-order chi connectivity index (χ0) is 17.5. The van der Waals surface area contributed by atoms with E-state index < -0.39 is 0 Å². The molecule has 0 saturated carbocycles. The van der Waals surface area contributed by atoms with Crippen LogP contribution in [0.15, 0.2) is 42.5 Å². The summed E-state index contributed by atoms with van der Waals surface area (Å²) in [5.41, 5.74) is 4.62. The molecule has 0 heterocycles. The first-order valence-electron chi connectivity index (χ1n) is 8.34. The molecular formula is C20H26N2OS. The summed E-state index contributed by atoms with van der Waals surface area (Å²) in [6, 6.07) is 14.8. The molecule has 24 heavy (non-hydrogen) atoms. The van der Waals surface area contributed by atoms with E-state index in [9.17, 15) is 0 Å². The predicted octanol–water partition coefficient (Wildman–Crippen LogP) is 5.00. The highest BCUT2D eigenvalue weighted by molar-refractivity contribution is 7.80. The zero-order valence-electron chi connectivity index (χ0n) is 14.8. The SMILES string of the molecule is CCCc1ccc(C(C)NC(=S)Nc2cc(C)ccc2OC)cc1. The van der Waals surface area contributed by atoms with E-state index in [2.05, 4.69) is 48.7 Å². The molecule has 0 radical (unpaired) electrons. The minimum absolute atomic E-state index is 0.136. The zero-order valence-corrected chi connectivity index (χ0v) is 15.7. The predicted molar refractivity (Wildman–Crippen MR) is 106 cm³/mol. The summed E-state index contributed by atoms with van der Waals surface area (Å²) >= 11 is 5.45. The quantitative estimate of drug-likeness (QED) is 0.724. The highest BCUT2D eigenvalue weighted by Crippen LogP contribution is 2.25. The maximum Gasteiger partial charge on any atom is 0.171 e. The molecule has 0 aliphatic heterocycles. The Morgan fingerprint density at radius 3 is 2.50 bits per heavy atom. The smallest absolute Gasteiger partial charge is 0.171 e. The molecule has 1 atom stereocenters. The highest BCUT2D eigenvalue weighted by atomic mass is 32.1. The largest absolute Gasteiger partial charge is 0.495 e. The molecule has 3 nitrogen and oxygen atoms in total. The van der Waals surface area contributed by atoms with E-state index in [1.807, 2.05) is 25.1 Å². The maximum absolute atomic E-state index is 5.45. The van der Waals surface area contributed by atoms with Crippen LogP contribution in [-0.2, 0) is 6.42 Å². The van der Waals surface area contributed by atoms with E-state index in [1.165, 1.54) is 17.5 Å². The van der Waals surface area contributed by atoms with E-state index >= 15 is 0 Å². The van der Waals surface area contributed by atoms with Crippen molar-refractivity contribution in [3.8, 4) is 5.75 Å². The summed E-state index contributed by atoms with van der Waals surface area (Å²) in [5, 5.41) is 7.15. The molecule has 1 unspecified atom stereocenters. The number of hydrogen-bond donors (Lipinski definition) is 2. The van der Waals surface area contributed by atoms with Crippen LogP contribution in [0, 0.1) is 6.92 Å². The number of methoxy groups -OCH3 is 1. The Morgan fingerprint density at radius 2 is 1.88 bits per heavy atom. The third-order valence-electron chi connectivity index (χ3n) is 3.97. The van der Waals surface area contributed by atoms with Crippen molar-refractivity contribution in [1.29, 1.82) is 0 Å². The standard InChI is InChI=1S/C20H26N2OS/c1-5-6-16-8-10-17(11-9-16)15(3)21-20(24)22-18-13-14(2)7-12-19(18)23-4/h7-13,15H,5-6H2,1-4H3,(H2,21,22,24). The fourth-order valence-electron chi connectivity index (χ4n) is 2.62. The first-order chi connectivity index (χ1) is 11.5. The maximum atomic E-state index is 5.45. The van der Waals surface area contributed by atoms with Crippen LogP contribution >= 0.6 is 12.2 Å². The van der Waals surface area contributed by atoms with Crippen molar-refractivity contribution in [2.75, 3.05) is 12.4 Å². The molecule has 4 heteroatoms. The molecule has 2 aromatic carbocycles. The number of ether oxygens (including phenoxy) is 1. The molecule has 0 aliphatic rings. The van der Waals surface area contributed by atoms with Crippen molar-refractivity contribution < 1.29 is 4.74 Å².